The zero-order valence-corrected chi connectivity index (χ0v) is 22.8. The van der Waals surface area contributed by atoms with Crippen molar-refractivity contribution in [2.24, 2.45) is 0 Å². The number of thiophene rings is 1. The second-order valence-corrected chi connectivity index (χ2v) is 11.0. The first kappa shape index (κ1) is 25.6. The number of fused-ring (bicyclic) bond motifs is 3. The van der Waals surface area contributed by atoms with Crippen molar-refractivity contribution in [2.75, 3.05) is 19.0 Å². The zero-order valence-electron chi connectivity index (χ0n) is 22.0. The topological polar surface area (TPSA) is 133 Å². The van der Waals surface area contributed by atoms with Gasteiger partial charge in [0, 0.05) is 24.8 Å². The predicted octanol–water partition coefficient (Wildman–Crippen LogP) is 4.30. The summed E-state index contributed by atoms with van der Waals surface area (Å²) in [6.45, 7) is 2.80. The molecule has 40 heavy (non-hydrogen) atoms. The van der Waals surface area contributed by atoms with Gasteiger partial charge in [0.2, 0.25) is 0 Å². The molecule has 4 aromatic rings. The van der Waals surface area contributed by atoms with E-state index in [1.807, 2.05) is 28.1 Å². The Balaban J connectivity index is 1.50. The number of hydrogen-bond acceptors (Lipinski definition) is 7. The molecule has 2 N–H and O–H groups in total. The summed E-state index contributed by atoms with van der Waals surface area (Å²) < 4.78 is 7.49. The Morgan fingerprint density at radius 2 is 2.10 bits per heavy atom. The summed E-state index contributed by atoms with van der Waals surface area (Å²) in [5, 5.41) is 14.5. The Labute approximate surface area is 233 Å². The van der Waals surface area contributed by atoms with Gasteiger partial charge in [0.1, 0.15) is 22.7 Å². The standard InChI is InChI=1S/C29H26N6O4S/c1-29(16-30)9-5-11-35(29)28(38)25-33-23(22-7-4-13-40-22)24-18-15-19(21(39-2)14-17(18)8-12-34(24)25)26(36)32-20-6-3-10-31-27(20)37/h3-4,6-7,10,13-15H,5,8-9,11-12H2,1-2H3,(H,31,37)(H,32,36)/t29-/m1/s1. The van der Waals surface area contributed by atoms with E-state index in [0.717, 1.165) is 28.1 Å². The van der Waals surface area contributed by atoms with Gasteiger partial charge in [0.05, 0.1) is 29.3 Å². The summed E-state index contributed by atoms with van der Waals surface area (Å²) in [6, 6.07) is 12.9. The fraction of sp³-hybridized carbons (Fsp3) is 0.276. The summed E-state index contributed by atoms with van der Waals surface area (Å²) in [4.78, 5) is 49.4. The molecule has 1 atom stereocenters. The minimum absolute atomic E-state index is 0.121. The summed E-state index contributed by atoms with van der Waals surface area (Å²) in [7, 11) is 1.50. The van der Waals surface area contributed by atoms with Crippen molar-refractivity contribution < 1.29 is 14.3 Å². The number of rotatable bonds is 5. The minimum Gasteiger partial charge on any atom is -0.496 e. The van der Waals surface area contributed by atoms with Crippen molar-refractivity contribution in [1.82, 2.24) is 19.4 Å². The third-order valence-corrected chi connectivity index (χ3v) is 8.51. The lowest BCUT2D eigenvalue weighted by Gasteiger charge is -2.29. The van der Waals surface area contributed by atoms with Crippen LogP contribution >= 0.6 is 11.3 Å². The number of aromatic nitrogens is 3. The number of nitrogens with zero attached hydrogens (tertiary/aromatic N) is 4. The fourth-order valence-corrected chi connectivity index (χ4v) is 6.27. The van der Waals surface area contributed by atoms with Crippen LogP contribution in [0.2, 0.25) is 0 Å². The maximum Gasteiger partial charge on any atom is 0.291 e. The molecule has 5 heterocycles. The second-order valence-electron chi connectivity index (χ2n) is 10.0. The van der Waals surface area contributed by atoms with E-state index in [1.165, 1.54) is 30.7 Å². The van der Waals surface area contributed by atoms with E-state index in [4.69, 9.17) is 9.72 Å². The van der Waals surface area contributed by atoms with Gasteiger partial charge in [0.25, 0.3) is 17.4 Å². The van der Waals surface area contributed by atoms with Gasteiger partial charge in [-0.3, -0.25) is 14.4 Å². The highest BCUT2D eigenvalue weighted by Crippen LogP contribution is 2.43. The molecule has 2 aliphatic rings. The summed E-state index contributed by atoms with van der Waals surface area (Å²) >= 11 is 1.51. The number of anilines is 1. The molecule has 0 spiro atoms. The highest BCUT2D eigenvalue weighted by Gasteiger charge is 2.42. The molecule has 1 fully saturated rings. The van der Waals surface area contributed by atoms with Crippen LogP contribution in [0.4, 0.5) is 5.69 Å². The van der Waals surface area contributed by atoms with Gasteiger partial charge in [-0.1, -0.05) is 6.07 Å². The van der Waals surface area contributed by atoms with Crippen LogP contribution in [-0.4, -0.2) is 50.4 Å². The van der Waals surface area contributed by atoms with Crippen LogP contribution in [0.3, 0.4) is 0 Å². The van der Waals surface area contributed by atoms with Gasteiger partial charge >= 0.3 is 0 Å². The molecule has 1 aromatic carbocycles. The molecule has 2 aliphatic heterocycles. The quantitative estimate of drug-likeness (QED) is 0.378. The van der Waals surface area contributed by atoms with E-state index in [2.05, 4.69) is 16.4 Å². The van der Waals surface area contributed by atoms with Gasteiger partial charge in [-0.25, -0.2) is 4.98 Å². The number of carbonyl (C=O) groups is 2. The van der Waals surface area contributed by atoms with E-state index in [1.54, 1.807) is 24.0 Å². The average Bonchev–Trinajstić information content (AvgIpc) is 3.72. The molecule has 1 saturated heterocycles. The predicted molar refractivity (Wildman–Crippen MR) is 151 cm³/mol. The highest BCUT2D eigenvalue weighted by molar-refractivity contribution is 7.13. The maximum absolute atomic E-state index is 13.9. The van der Waals surface area contributed by atoms with Crippen molar-refractivity contribution in [3.8, 4) is 33.6 Å². The molecule has 2 amide bonds. The number of methoxy groups -OCH3 is 1. The number of aryl methyl sites for hydroxylation is 1. The molecular formula is C29H26N6O4S. The van der Waals surface area contributed by atoms with Gasteiger partial charge in [-0.2, -0.15) is 5.26 Å². The molecular weight excluding hydrogens is 528 g/mol. The number of nitriles is 1. The summed E-state index contributed by atoms with van der Waals surface area (Å²) in [5.41, 5.74) is 2.17. The highest BCUT2D eigenvalue weighted by atomic mass is 32.1. The average molecular weight is 555 g/mol. The number of carbonyl (C=O) groups excluding carboxylic acids is 2. The number of ether oxygens (including phenoxy) is 1. The number of H-pyrrole nitrogens is 1. The lowest BCUT2D eigenvalue weighted by atomic mass is 9.93. The SMILES string of the molecule is COc1cc2c(cc1C(=O)Nc1ccc[nH]c1=O)-c1c(-c3cccs3)nc(C(=O)N3CCC[C@]3(C)C#N)n1CC2. The third-order valence-electron chi connectivity index (χ3n) is 7.64. The summed E-state index contributed by atoms with van der Waals surface area (Å²) in [6.07, 6.45) is 3.46. The fourth-order valence-electron chi connectivity index (χ4n) is 5.56. The third kappa shape index (κ3) is 4.08. The minimum atomic E-state index is -0.882. The Bertz CT molecular complexity index is 1750. The first-order valence-corrected chi connectivity index (χ1v) is 13.8. The first-order chi connectivity index (χ1) is 19.3. The van der Waals surface area contributed by atoms with Crippen molar-refractivity contribution in [1.29, 1.82) is 5.26 Å². The van der Waals surface area contributed by atoms with Crippen LogP contribution in [0.15, 0.2) is 52.8 Å². The lowest BCUT2D eigenvalue weighted by Crippen LogP contribution is -2.45. The van der Waals surface area contributed by atoms with E-state index in [0.29, 0.717) is 37.4 Å². The van der Waals surface area contributed by atoms with Crippen molar-refractivity contribution >= 4 is 28.8 Å². The van der Waals surface area contributed by atoms with Gasteiger partial charge in [0.15, 0.2) is 5.82 Å². The number of benzene rings is 1. The lowest BCUT2D eigenvalue weighted by molar-refractivity contribution is 0.0675. The maximum atomic E-state index is 13.9. The molecule has 202 valence electrons. The van der Waals surface area contributed by atoms with Crippen LogP contribution in [0, 0.1) is 11.3 Å². The number of hydrogen-bond donors (Lipinski definition) is 2. The number of aromatic amines is 1. The molecule has 0 bridgehead atoms. The van der Waals surface area contributed by atoms with E-state index >= 15 is 0 Å². The van der Waals surface area contributed by atoms with Gasteiger partial charge in [-0.15, -0.1) is 11.3 Å². The van der Waals surface area contributed by atoms with Crippen LogP contribution < -0.4 is 15.6 Å². The Kier molecular flexibility index (Phi) is 6.27. The summed E-state index contributed by atoms with van der Waals surface area (Å²) in [5.74, 6) is -0.106. The molecule has 11 heteroatoms. The number of amides is 2. The van der Waals surface area contributed by atoms with Crippen molar-refractivity contribution in [3.63, 3.8) is 0 Å². The van der Waals surface area contributed by atoms with Crippen molar-refractivity contribution in [2.45, 2.75) is 38.3 Å². The normalized spacial score (nSPS) is 17.6. The number of imidazole rings is 1. The molecule has 3 aromatic heterocycles. The van der Waals surface area contributed by atoms with Crippen molar-refractivity contribution in [3.05, 3.63) is 75.3 Å². The molecule has 0 unspecified atom stereocenters. The molecule has 0 aliphatic carbocycles. The monoisotopic (exact) mass is 554 g/mol. The largest absolute Gasteiger partial charge is 0.496 e. The van der Waals surface area contributed by atoms with E-state index in [9.17, 15) is 19.6 Å². The smallest absolute Gasteiger partial charge is 0.291 e. The van der Waals surface area contributed by atoms with Gasteiger partial charge in [-0.05, 0) is 67.5 Å². The van der Waals surface area contributed by atoms with Crippen LogP contribution in [0.1, 0.15) is 46.3 Å². The van der Waals surface area contributed by atoms with E-state index < -0.39 is 17.0 Å². The Morgan fingerprint density at radius 3 is 2.83 bits per heavy atom. The molecule has 6 rings (SSSR count). The number of nitrogens with one attached hydrogen (secondary N) is 2. The van der Waals surface area contributed by atoms with Crippen LogP contribution in [0.25, 0.3) is 21.8 Å². The Hall–Kier alpha value is -4.69. The van der Waals surface area contributed by atoms with E-state index in [-0.39, 0.29) is 23.0 Å². The molecule has 0 saturated carbocycles. The first-order valence-electron chi connectivity index (χ1n) is 12.9. The van der Waals surface area contributed by atoms with Crippen LogP contribution in [-0.2, 0) is 13.0 Å². The zero-order chi connectivity index (χ0) is 28.0. The van der Waals surface area contributed by atoms with Crippen LogP contribution in [0.5, 0.6) is 5.75 Å². The Morgan fingerprint density at radius 1 is 1.25 bits per heavy atom. The molecule has 10 nitrogen and oxygen atoms in total. The molecule has 0 radical (unpaired) electrons. The number of pyridine rings is 1. The van der Waals surface area contributed by atoms with Gasteiger partial charge < -0.3 is 24.5 Å². The second kappa shape index (κ2) is 9.81. The number of likely N-dealkylation sites (tertiary alicyclic amines) is 1.